The first-order valence-corrected chi connectivity index (χ1v) is 8.21. The first-order chi connectivity index (χ1) is 12.8. The Morgan fingerprint density at radius 2 is 1.81 bits per heavy atom. The molecule has 2 aromatic heterocycles. The molecule has 27 heavy (non-hydrogen) atoms. The van der Waals surface area contributed by atoms with E-state index in [9.17, 15) is 13.2 Å². The summed E-state index contributed by atoms with van der Waals surface area (Å²) >= 11 is 0. The SMILES string of the molecule is CNc1nc(N)nc2cc(-c3ccccc3C(F)(F)F)c3c(ccn3C)c12. The zero-order chi connectivity index (χ0) is 19.3. The number of nitrogens with zero attached hydrogens (tertiary/aromatic N) is 3. The molecule has 2 heterocycles. The van der Waals surface area contributed by atoms with Gasteiger partial charge in [0.15, 0.2) is 0 Å². The van der Waals surface area contributed by atoms with Gasteiger partial charge in [-0.2, -0.15) is 18.2 Å². The Kier molecular flexibility index (Phi) is 3.73. The predicted octanol–water partition coefficient (Wildman–Crippen LogP) is 4.43. The average molecular weight is 371 g/mol. The number of anilines is 2. The van der Waals surface area contributed by atoms with Crippen molar-refractivity contribution in [1.29, 1.82) is 0 Å². The van der Waals surface area contributed by atoms with Gasteiger partial charge >= 0.3 is 6.18 Å². The molecule has 2 aromatic carbocycles. The number of benzene rings is 2. The number of hydrogen-bond acceptors (Lipinski definition) is 4. The minimum atomic E-state index is -4.47. The van der Waals surface area contributed by atoms with Crippen molar-refractivity contribution in [2.45, 2.75) is 6.18 Å². The zero-order valence-corrected chi connectivity index (χ0v) is 14.6. The molecule has 0 saturated heterocycles. The van der Waals surface area contributed by atoms with Crippen molar-refractivity contribution >= 4 is 33.6 Å². The van der Waals surface area contributed by atoms with Crippen LogP contribution < -0.4 is 11.1 Å². The summed E-state index contributed by atoms with van der Waals surface area (Å²) in [6, 6.07) is 9.02. The molecule has 0 amide bonds. The lowest BCUT2D eigenvalue weighted by molar-refractivity contribution is -0.137. The van der Waals surface area contributed by atoms with Crippen molar-refractivity contribution in [3.05, 3.63) is 48.2 Å². The summed E-state index contributed by atoms with van der Waals surface area (Å²) in [5.41, 5.74) is 6.79. The lowest BCUT2D eigenvalue weighted by atomic mass is 9.95. The summed E-state index contributed by atoms with van der Waals surface area (Å²) in [6.45, 7) is 0. The molecule has 4 rings (SSSR count). The molecule has 5 nitrogen and oxygen atoms in total. The van der Waals surface area contributed by atoms with Crippen molar-refractivity contribution in [2.24, 2.45) is 7.05 Å². The number of nitrogens with one attached hydrogen (secondary N) is 1. The molecule has 4 aromatic rings. The highest BCUT2D eigenvalue weighted by molar-refractivity contribution is 6.16. The van der Waals surface area contributed by atoms with Gasteiger partial charge in [-0.3, -0.25) is 0 Å². The summed E-state index contributed by atoms with van der Waals surface area (Å²) < 4.78 is 42.6. The molecule has 0 radical (unpaired) electrons. The Balaban J connectivity index is 2.19. The van der Waals surface area contributed by atoms with E-state index in [-0.39, 0.29) is 11.5 Å². The first-order valence-electron chi connectivity index (χ1n) is 8.21. The zero-order valence-electron chi connectivity index (χ0n) is 14.6. The fraction of sp³-hybridized carbons (Fsp3) is 0.158. The lowest BCUT2D eigenvalue weighted by Gasteiger charge is -2.16. The van der Waals surface area contributed by atoms with Gasteiger partial charge in [-0.05, 0) is 23.8 Å². The van der Waals surface area contributed by atoms with Crippen LogP contribution in [0.15, 0.2) is 42.6 Å². The Hall–Kier alpha value is -3.29. The largest absolute Gasteiger partial charge is 0.417 e. The fourth-order valence-electron chi connectivity index (χ4n) is 3.49. The molecule has 0 fully saturated rings. The quantitative estimate of drug-likeness (QED) is 0.547. The van der Waals surface area contributed by atoms with Crippen LogP contribution in [-0.4, -0.2) is 21.6 Å². The predicted molar refractivity (Wildman–Crippen MR) is 100 cm³/mol. The van der Waals surface area contributed by atoms with Crippen LogP contribution in [0.2, 0.25) is 0 Å². The van der Waals surface area contributed by atoms with E-state index in [1.807, 2.05) is 6.07 Å². The molecular formula is C19H16F3N5. The number of rotatable bonds is 2. The third-order valence-corrected chi connectivity index (χ3v) is 4.59. The van der Waals surface area contributed by atoms with Gasteiger partial charge in [-0.15, -0.1) is 0 Å². The van der Waals surface area contributed by atoms with Crippen LogP contribution in [0.3, 0.4) is 0 Å². The summed E-state index contributed by atoms with van der Waals surface area (Å²) in [6.07, 6.45) is -2.66. The van der Waals surface area contributed by atoms with E-state index in [1.54, 1.807) is 37.0 Å². The number of fused-ring (bicyclic) bond motifs is 3. The van der Waals surface area contributed by atoms with E-state index < -0.39 is 11.7 Å². The number of aryl methyl sites for hydroxylation is 1. The number of alkyl halides is 3. The topological polar surface area (TPSA) is 68.8 Å². The molecule has 0 saturated carbocycles. The summed E-state index contributed by atoms with van der Waals surface area (Å²) in [5, 5.41) is 4.46. The summed E-state index contributed by atoms with van der Waals surface area (Å²) in [5.74, 6) is 0.585. The molecule has 0 bridgehead atoms. The van der Waals surface area contributed by atoms with Crippen LogP contribution >= 0.6 is 0 Å². The molecule has 3 N–H and O–H groups in total. The number of hydrogen-bond donors (Lipinski definition) is 2. The molecule has 8 heteroatoms. The third-order valence-electron chi connectivity index (χ3n) is 4.59. The van der Waals surface area contributed by atoms with Crippen molar-refractivity contribution in [1.82, 2.24) is 14.5 Å². The number of nitrogens with two attached hydrogens (primary N) is 1. The maximum absolute atomic E-state index is 13.6. The second-order valence-corrected chi connectivity index (χ2v) is 6.23. The highest BCUT2D eigenvalue weighted by Gasteiger charge is 2.34. The summed E-state index contributed by atoms with van der Waals surface area (Å²) in [4.78, 5) is 8.46. The van der Waals surface area contributed by atoms with Gasteiger partial charge in [0.2, 0.25) is 5.95 Å². The smallest absolute Gasteiger partial charge is 0.372 e. The molecule has 0 aliphatic carbocycles. The van der Waals surface area contributed by atoms with E-state index in [1.165, 1.54) is 12.1 Å². The van der Waals surface area contributed by atoms with E-state index >= 15 is 0 Å². The maximum atomic E-state index is 13.6. The molecule has 0 spiro atoms. The average Bonchev–Trinajstić information content (AvgIpc) is 3.01. The molecular weight excluding hydrogens is 355 g/mol. The Morgan fingerprint density at radius 3 is 2.52 bits per heavy atom. The van der Waals surface area contributed by atoms with Gasteiger partial charge in [0.05, 0.1) is 22.0 Å². The minimum Gasteiger partial charge on any atom is -0.372 e. The molecule has 0 atom stereocenters. The van der Waals surface area contributed by atoms with Crippen LogP contribution in [-0.2, 0) is 13.2 Å². The Labute approximate surface area is 152 Å². The van der Waals surface area contributed by atoms with Gasteiger partial charge in [-0.1, -0.05) is 18.2 Å². The van der Waals surface area contributed by atoms with E-state index in [2.05, 4.69) is 15.3 Å². The summed E-state index contributed by atoms with van der Waals surface area (Å²) in [7, 11) is 3.51. The van der Waals surface area contributed by atoms with Crippen molar-refractivity contribution in [3.8, 4) is 11.1 Å². The van der Waals surface area contributed by atoms with Crippen LogP contribution in [0.4, 0.5) is 24.9 Å². The van der Waals surface area contributed by atoms with Gasteiger partial charge in [0.1, 0.15) is 5.82 Å². The minimum absolute atomic E-state index is 0.0530. The third kappa shape index (κ3) is 2.64. The highest BCUT2D eigenvalue weighted by Crippen LogP contribution is 2.42. The van der Waals surface area contributed by atoms with Crippen LogP contribution in [0.1, 0.15) is 5.56 Å². The van der Waals surface area contributed by atoms with Crippen LogP contribution in [0.5, 0.6) is 0 Å². The van der Waals surface area contributed by atoms with Crippen molar-refractivity contribution < 1.29 is 13.2 Å². The van der Waals surface area contributed by atoms with Gasteiger partial charge in [-0.25, -0.2) is 4.98 Å². The molecule has 138 valence electrons. The van der Waals surface area contributed by atoms with Crippen LogP contribution in [0, 0.1) is 0 Å². The number of nitrogen functional groups attached to an aromatic ring is 1. The second kappa shape index (κ2) is 5.87. The van der Waals surface area contributed by atoms with E-state index in [0.717, 1.165) is 16.8 Å². The normalized spacial score (nSPS) is 12.0. The van der Waals surface area contributed by atoms with E-state index in [0.29, 0.717) is 22.4 Å². The van der Waals surface area contributed by atoms with E-state index in [4.69, 9.17) is 5.73 Å². The van der Waals surface area contributed by atoms with Gasteiger partial charge < -0.3 is 15.6 Å². The molecule has 0 aliphatic heterocycles. The molecule has 0 unspecified atom stereocenters. The highest BCUT2D eigenvalue weighted by atomic mass is 19.4. The maximum Gasteiger partial charge on any atom is 0.417 e. The number of aromatic nitrogens is 3. The van der Waals surface area contributed by atoms with Crippen LogP contribution in [0.25, 0.3) is 32.9 Å². The Morgan fingerprint density at radius 1 is 1.07 bits per heavy atom. The van der Waals surface area contributed by atoms with Gasteiger partial charge in [0.25, 0.3) is 0 Å². The monoisotopic (exact) mass is 371 g/mol. The van der Waals surface area contributed by atoms with Gasteiger partial charge in [0, 0.05) is 31.2 Å². The second-order valence-electron chi connectivity index (χ2n) is 6.23. The standard InChI is InChI=1S/C19H16F3N5/c1-24-17-15-11-7-8-27(2)16(11)12(9-14(15)25-18(23)26-17)10-5-3-4-6-13(10)19(20,21)22/h3-9H,1-2H3,(H3,23,24,25,26). The lowest BCUT2D eigenvalue weighted by Crippen LogP contribution is -2.07. The number of halogens is 3. The van der Waals surface area contributed by atoms with Crippen molar-refractivity contribution in [3.63, 3.8) is 0 Å². The Bertz CT molecular complexity index is 1180. The fourth-order valence-corrected chi connectivity index (χ4v) is 3.49. The first kappa shape index (κ1) is 17.1. The van der Waals surface area contributed by atoms with Crippen molar-refractivity contribution in [2.75, 3.05) is 18.1 Å². The molecule has 0 aliphatic rings.